The van der Waals surface area contributed by atoms with Gasteiger partial charge < -0.3 is 9.84 Å². The van der Waals surface area contributed by atoms with Crippen molar-refractivity contribution in [2.75, 3.05) is 13.2 Å². The largest absolute Gasteiger partial charge is 0.396 e. The Morgan fingerprint density at radius 2 is 2.00 bits per heavy atom. The molecule has 2 heteroatoms. The number of ether oxygens (including phenoxy) is 1. The van der Waals surface area contributed by atoms with Crippen LogP contribution in [0.4, 0.5) is 0 Å². The second kappa shape index (κ2) is 5.13. The Kier molecular flexibility index (Phi) is 3.82. The first-order valence-electron chi connectivity index (χ1n) is 6.14. The fourth-order valence-corrected chi connectivity index (χ4v) is 2.85. The number of aliphatic hydroxyl groups excluding tert-OH is 1. The molecule has 1 aliphatic carbocycles. The van der Waals surface area contributed by atoms with Gasteiger partial charge in [0.1, 0.15) is 0 Å². The zero-order valence-electron chi connectivity index (χ0n) is 8.95. The average Bonchev–Trinajstić information content (AvgIpc) is 2.16. The Morgan fingerprint density at radius 1 is 1.14 bits per heavy atom. The highest BCUT2D eigenvalue weighted by Crippen LogP contribution is 2.39. The lowest BCUT2D eigenvalue weighted by Crippen LogP contribution is -2.36. The molecule has 2 rings (SSSR count). The summed E-state index contributed by atoms with van der Waals surface area (Å²) in [6.45, 7) is 1.28. The minimum Gasteiger partial charge on any atom is -0.396 e. The van der Waals surface area contributed by atoms with Crippen molar-refractivity contribution in [3.05, 3.63) is 0 Å². The second-order valence-corrected chi connectivity index (χ2v) is 4.77. The van der Waals surface area contributed by atoms with Crippen LogP contribution in [0, 0.1) is 11.8 Å². The van der Waals surface area contributed by atoms with Gasteiger partial charge in [-0.25, -0.2) is 0 Å². The fraction of sp³-hybridized carbons (Fsp3) is 1.00. The van der Waals surface area contributed by atoms with E-state index < -0.39 is 0 Å². The van der Waals surface area contributed by atoms with Crippen molar-refractivity contribution in [3.8, 4) is 0 Å². The van der Waals surface area contributed by atoms with Gasteiger partial charge >= 0.3 is 0 Å². The molecule has 14 heavy (non-hydrogen) atoms. The summed E-state index contributed by atoms with van der Waals surface area (Å²) < 4.78 is 5.84. The molecular formula is C12H22O2. The normalized spacial score (nSPS) is 31.1. The molecule has 2 atom stereocenters. The molecule has 2 unspecified atom stereocenters. The van der Waals surface area contributed by atoms with E-state index in [1.165, 1.54) is 38.5 Å². The zero-order valence-corrected chi connectivity index (χ0v) is 8.95. The van der Waals surface area contributed by atoms with Crippen LogP contribution in [0.5, 0.6) is 0 Å². The van der Waals surface area contributed by atoms with Crippen LogP contribution in [0.3, 0.4) is 0 Å². The molecule has 0 amide bonds. The molecule has 1 saturated heterocycles. The zero-order chi connectivity index (χ0) is 9.80. The Balaban J connectivity index is 1.86. The highest BCUT2D eigenvalue weighted by Gasteiger charge is 2.33. The summed E-state index contributed by atoms with van der Waals surface area (Å²) in [5.74, 6) is 1.50. The van der Waals surface area contributed by atoms with Crippen LogP contribution >= 0.6 is 0 Å². The van der Waals surface area contributed by atoms with Crippen molar-refractivity contribution < 1.29 is 9.84 Å². The Morgan fingerprint density at radius 3 is 2.50 bits per heavy atom. The number of hydrogen-bond donors (Lipinski definition) is 1. The predicted octanol–water partition coefficient (Wildman–Crippen LogP) is 2.35. The highest BCUT2D eigenvalue weighted by atomic mass is 16.5. The third-order valence-corrected chi connectivity index (χ3v) is 3.91. The van der Waals surface area contributed by atoms with E-state index in [-0.39, 0.29) is 0 Å². The predicted molar refractivity (Wildman–Crippen MR) is 56.1 cm³/mol. The first-order chi connectivity index (χ1) is 6.92. The van der Waals surface area contributed by atoms with Gasteiger partial charge in [0.2, 0.25) is 0 Å². The summed E-state index contributed by atoms with van der Waals surface area (Å²) in [4.78, 5) is 0. The van der Waals surface area contributed by atoms with Crippen molar-refractivity contribution >= 4 is 0 Å². The molecule has 0 spiro atoms. The molecule has 1 heterocycles. The summed E-state index contributed by atoms with van der Waals surface area (Å²) in [7, 11) is 0. The molecule has 0 radical (unpaired) electrons. The lowest BCUT2D eigenvalue weighted by molar-refractivity contribution is -0.0557. The van der Waals surface area contributed by atoms with Gasteiger partial charge in [0, 0.05) is 13.2 Å². The van der Waals surface area contributed by atoms with Crippen LogP contribution in [-0.2, 0) is 4.74 Å². The third-order valence-electron chi connectivity index (χ3n) is 3.91. The maximum Gasteiger partial charge on any atom is 0.0606 e. The molecule has 0 aromatic rings. The molecular weight excluding hydrogens is 176 g/mol. The van der Waals surface area contributed by atoms with E-state index in [1.54, 1.807) is 0 Å². The molecule has 0 aromatic heterocycles. The van der Waals surface area contributed by atoms with Gasteiger partial charge in [0.05, 0.1) is 6.10 Å². The minimum atomic E-state index is 0.334. The summed E-state index contributed by atoms with van der Waals surface area (Å²) in [6, 6.07) is 0. The SMILES string of the molecule is OCCC(C1CCC1)C1CCCCO1. The third kappa shape index (κ3) is 2.29. The van der Waals surface area contributed by atoms with Crippen molar-refractivity contribution in [1.29, 1.82) is 0 Å². The maximum atomic E-state index is 9.08. The summed E-state index contributed by atoms with van der Waals surface area (Å²) >= 11 is 0. The Hall–Kier alpha value is -0.0800. The van der Waals surface area contributed by atoms with Gasteiger partial charge in [0.25, 0.3) is 0 Å². The molecule has 82 valence electrons. The smallest absolute Gasteiger partial charge is 0.0606 e. The summed E-state index contributed by atoms with van der Waals surface area (Å²) in [6.07, 6.45) is 9.30. The van der Waals surface area contributed by atoms with Crippen molar-refractivity contribution in [3.63, 3.8) is 0 Å². The van der Waals surface area contributed by atoms with E-state index in [4.69, 9.17) is 9.84 Å². The van der Waals surface area contributed by atoms with Gasteiger partial charge in [-0.15, -0.1) is 0 Å². The van der Waals surface area contributed by atoms with Gasteiger partial charge in [-0.2, -0.15) is 0 Å². The average molecular weight is 198 g/mol. The van der Waals surface area contributed by atoms with Crippen LogP contribution in [0.25, 0.3) is 0 Å². The molecule has 1 N–H and O–H groups in total. The fourth-order valence-electron chi connectivity index (χ4n) is 2.85. The molecule has 2 nitrogen and oxygen atoms in total. The van der Waals surface area contributed by atoms with E-state index in [0.717, 1.165) is 18.9 Å². The molecule has 1 saturated carbocycles. The van der Waals surface area contributed by atoms with E-state index >= 15 is 0 Å². The number of rotatable bonds is 4. The Labute approximate surface area is 86.6 Å². The first kappa shape index (κ1) is 10.4. The Bertz CT molecular complexity index is 160. The number of aliphatic hydroxyl groups is 1. The topological polar surface area (TPSA) is 29.5 Å². The van der Waals surface area contributed by atoms with Crippen molar-refractivity contribution in [2.24, 2.45) is 11.8 Å². The lowest BCUT2D eigenvalue weighted by Gasteiger charge is -2.39. The summed E-state index contributed by atoms with van der Waals surface area (Å²) in [5.41, 5.74) is 0. The van der Waals surface area contributed by atoms with E-state index in [1.807, 2.05) is 0 Å². The van der Waals surface area contributed by atoms with Crippen LogP contribution in [0.1, 0.15) is 44.9 Å². The van der Waals surface area contributed by atoms with Crippen LogP contribution in [0.15, 0.2) is 0 Å². The lowest BCUT2D eigenvalue weighted by atomic mass is 9.71. The minimum absolute atomic E-state index is 0.334. The second-order valence-electron chi connectivity index (χ2n) is 4.77. The van der Waals surface area contributed by atoms with Crippen LogP contribution < -0.4 is 0 Å². The highest BCUT2D eigenvalue weighted by molar-refractivity contribution is 4.84. The van der Waals surface area contributed by atoms with Crippen LogP contribution in [-0.4, -0.2) is 24.4 Å². The quantitative estimate of drug-likeness (QED) is 0.751. The standard InChI is InChI=1S/C12H22O2/c13-8-7-11(10-4-3-5-10)12-6-1-2-9-14-12/h10-13H,1-9H2. The number of hydrogen-bond acceptors (Lipinski definition) is 2. The van der Waals surface area contributed by atoms with E-state index in [0.29, 0.717) is 18.6 Å². The van der Waals surface area contributed by atoms with Gasteiger partial charge in [-0.05, 0) is 37.5 Å². The molecule has 1 aliphatic heterocycles. The van der Waals surface area contributed by atoms with Gasteiger partial charge in [0.15, 0.2) is 0 Å². The first-order valence-corrected chi connectivity index (χ1v) is 6.14. The van der Waals surface area contributed by atoms with Crippen molar-refractivity contribution in [1.82, 2.24) is 0 Å². The molecule has 2 aliphatic rings. The van der Waals surface area contributed by atoms with Gasteiger partial charge in [-0.1, -0.05) is 19.3 Å². The van der Waals surface area contributed by atoms with E-state index in [9.17, 15) is 0 Å². The van der Waals surface area contributed by atoms with Gasteiger partial charge in [-0.3, -0.25) is 0 Å². The van der Waals surface area contributed by atoms with Crippen molar-refractivity contribution in [2.45, 2.75) is 51.0 Å². The maximum absolute atomic E-state index is 9.08. The van der Waals surface area contributed by atoms with E-state index in [2.05, 4.69) is 0 Å². The van der Waals surface area contributed by atoms with Crippen LogP contribution in [0.2, 0.25) is 0 Å². The monoisotopic (exact) mass is 198 g/mol. The molecule has 0 aromatic carbocycles. The summed E-state index contributed by atoms with van der Waals surface area (Å²) in [5, 5.41) is 9.08. The molecule has 0 bridgehead atoms. The molecule has 2 fully saturated rings.